The van der Waals surface area contributed by atoms with Gasteiger partial charge in [0.05, 0.1) is 13.2 Å². The van der Waals surface area contributed by atoms with Gasteiger partial charge in [0, 0.05) is 39.0 Å². The molecule has 0 N–H and O–H groups in total. The van der Waals surface area contributed by atoms with E-state index in [-0.39, 0.29) is 12.1 Å². The lowest BCUT2D eigenvalue weighted by atomic mass is 10.1. The minimum atomic E-state index is 0.153. The summed E-state index contributed by atoms with van der Waals surface area (Å²) in [7, 11) is 0. The molecule has 0 aliphatic carbocycles. The molecule has 126 valence electrons. The maximum absolute atomic E-state index is 12.5. The number of aryl methyl sites for hydroxylation is 1. The minimum absolute atomic E-state index is 0.153. The van der Waals surface area contributed by atoms with E-state index in [1.807, 2.05) is 21.9 Å². The van der Waals surface area contributed by atoms with Crippen molar-refractivity contribution in [2.75, 3.05) is 39.4 Å². The molecule has 0 atom stereocenters. The lowest BCUT2D eigenvalue weighted by molar-refractivity contribution is 0.0360. The van der Waals surface area contributed by atoms with Crippen molar-refractivity contribution in [1.29, 1.82) is 0 Å². The second-order valence-corrected chi connectivity index (χ2v) is 6.19. The van der Waals surface area contributed by atoms with Gasteiger partial charge in [-0.25, -0.2) is 4.79 Å². The third-order valence-electron chi connectivity index (χ3n) is 4.60. The van der Waals surface area contributed by atoms with Crippen molar-refractivity contribution in [3.8, 4) is 5.75 Å². The minimum Gasteiger partial charge on any atom is -0.490 e. The Balaban J connectivity index is 1.48. The molecular weight excluding hydrogens is 292 g/mol. The number of rotatable bonds is 3. The predicted molar refractivity (Wildman–Crippen MR) is 88.8 cm³/mol. The summed E-state index contributed by atoms with van der Waals surface area (Å²) >= 11 is 0. The summed E-state index contributed by atoms with van der Waals surface area (Å²) < 4.78 is 11.4. The van der Waals surface area contributed by atoms with Gasteiger partial charge in [-0.15, -0.1) is 0 Å². The van der Waals surface area contributed by atoms with Crippen LogP contribution in [0.15, 0.2) is 24.3 Å². The van der Waals surface area contributed by atoms with Crippen molar-refractivity contribution in [2.45, 2.75) is 32.3 Å². The van der Waals surface area contributed by atoms with Crippen LogP contribution in [0, 0.1) is 0 Å². The van der Waals surface area contributed by atoms with Crippen LogP contribution < -0.4 is 4.74 Å². The van der Waals surface area contributed by atoms with Crippen molar-refractivity contribution in [3.05, 3.63) is 29.8 Å². The standard InChI is InChI=1S/C18H26N2O3/c1-2-15-4-3-5-17(14-15)23-16-6-8-19(9-7-16)18(21)20-10-12-22-13-11-20/h3-5,14,16H,2,6-13H2,1H3. The summed E-state index contributed by atoms with van der Waals surface area (Å²) in [5.41, 5.74) is 1.29. The van der Waals surface area contributed by atoms with Crippen LogP contribution in [0.4, 0.5) is 4.79 Å². The van der Waals surface area contributed by atoms with E-state index in [4.69, 9.17) is 9.47 Å². The molecule has 0 spiro atoms. The van der Waals surface area contributed by atoms with Crippen LogP contribution in [0.2, 0.25) is 0 Å². The van der Waals surface area contributed by atoms with E-state index >= 15 is 0 Å². The first kappa shape index (κ1) is 16.1. The van der Waals surface area contributed by atoms with Crippen molar-refractivity contribution < 1.29 is 14.3 Å². The molecule has 2 fully saturated rings. The van der Waals surface area contributed by atoms with Crippen LogP contribution in [-0.2, 0) is 11.2 Å². The number of likely N-dealkylation sites (tertiary alicyclic amines) is 1. The van der Waals surface area contributed by atoms with E-state index in [9.17, 15) is 4.79 Å². The van der Waals surface area contributed by atoms with Crippen molar-refractivity contribution in [1.82, 2.24) is 9.80 Å². The lowest BCUT2D eigenvalue weighted by Gasteiger charge is -2.37. The Morgan fingerprint density at radius 3 is 2.57 bits per heavy atom. The van der Waals surface area contributed by atoms with Crippen LogP contribution in [0.25, 0.3) is 0 Å². The number of urea groups is 1. The fraction of sp³-hybridized carbons (Fsp3) is 0.611. The van der Waals surface area contributed by atoms with E-state index in [0.29, 0.717) is 26.3 Å². The molecule has 5 nitrogen and oxygen atoms in total. The van der Waals surface area contributed by atoms with Crippen LogP contribution in [0.3, 0.4) is 0 Å². The van der Waals surface area contributed by atoms with Gasteiger partial charge < -0.3 is 19.3 Å². The highest BCUT2D eigenvalue weighted by Crippen LogP contribution is 2.21. The van der Waals surface area contributed by atoms with Gasteiger partial charge in [-0.05, 0) is 24.1 Å². The molecule has 0 unspecified atom stereocenters. The fourth-order valence-electron chi connectivity index (χ4n) is 3.15. The zero-order valence-corrected chi connectivity index (χ0v) is 13.9. The lowest BCUT2D eigenvalue weighted by Crippen LogP contribution is -2.51. The molecule has 2 aliphatic heterocycles. The Kier molecular flexibility index (Phi) is 5.39. The first-order valence-electron chi connectivity index (χ1n) is 8.63. The molecule has 0 radical (unpaired) electrons. The largest absolute Gasteiger partial charge is 0.490 e. The van der Waals surface area contributed by atoms with Gasteiger partial charge in [0.15, 0.2) is 0 Å². The Hall–Kier alpha value is -1.75. The monoisotopic (exact) mass is 318 g/mol. The van der Waals surface area contributed by atoms with Crippen molar-refractivity contribution >= 4 is 6.03 Å². The van der Waals surface area contributed by atoms with Gasteiger partial charge in [-0.2, -0.15) is 0 Å². The summed E-state index contributed by atoms with van der Waals surface area (Å²) in [6, 6.07) is 8.46. The van der Waals surface area contributed by atoms with E-state index in [2.05, 4.69) is 19.1 Å². The zero-order valence-electron chi connectivity index (χ0n) is 13.9. The molecular formula is C18H26N2O3. The number of carbonyl (C=O) groups excluding carboxylic acids is 1. The van der Waals surface area contributed by atoms with E-state index < -0.39 is 0 Å². The first-order valence-corrected chi connectivity index (χ1v) is 8.63. The van der Waals surface area contributed by atoms with Crippen LogP contribution in [0.5, 0.6) is 5.75 Å². The van der Waals surface area contributed by atoms with Gasteiger partial charge in [0.25, 0.3) is 0 Å². The molecule has 3 rings (SSSR count). The maximum atomic E-state index is 12.5. The number of carbonyl (C=O) groups is 1. The average Bonchev–Trinajstić information content (AvgIpc) is 2.63. The molecule has 23 heavy (non-hydrogen) atoms. The molecule has 1 aromatic carbocycles. The van der Waals surface area contributed by atoms with Gasteiger partial charge in [-0.3, -0.25) is 0 Å². The number of amides is 2. The second kappa shape index (κ2) is 7.68. The number of ether oxygens (including phenoxy) is 2. The Morgan fingerprint density at radius 2 is 1.87 bits per heavy atom. The van der Waals surface area contributed by atoms with Crippen molar-refractivity contribution in [2.24, 2.45) is 0 Å². The third-order valence-corrected chi connectivity index (χ3v) is 4.60. The molecule has 2 saturated heterocycles. The van der Waals surface area contributed by atoms with E-state index in [1.54, 1.807) is 0 Å². The highest BCUT2D eigenvalue weighted by Gasteiger charge is 2.27. The number of benzene rings is 1. The van der Waals surface area contributed by atoms with E-state index in [1.165, 1.54) is 5.56 Å². The molecule has 0 aromatic heterocycles. The van der Waals surface area contributed by atoms with Gasteiger partial charge >= 0.3 is 6.03 Å². The molecule has 2 aliphatic rings. The van der Waals surface area contributed by atoms with Crippen molar-refractivity contribution in [3.63, 3.8) is 0 Å². The summed E-state index contributed by atoms with van der Waals surface area (Å²) in [4.78, 5) is 16.3. The maximum Gasteiger partial charge on any atom is 0.320 e. The highest BCUT2D eigenvalue weighted by molar-refractivity contribution is 5.74. The van der Waals surface area contributed by atoms with Crippen LogP contribution in [-0.4, -0.2) is 61.3 Å². The third kappa shape index (κ3) is 4.16. The first-order chi connectivity index (χ1) is 11.3. The number of hydrogen-bond acceptors (Lipinski definition) is 3. The Morgan fingerprint density at radius 1 is 1.17 bits per heavy atom. The smallest absolute Gasteiger partial charge is 0.320 e. The molecule has 0 saturated carbocycles. The molecule has 2 heterocycles. The number of nitrogens with zero attached hydrogens (tertiary/aromatic N) is 2. The summed E-state index contributed by atoms with van der Waals surface area (Å²) in [5.74, 6) is 0.947. The summed E-state index contributed by atoms with van der Waals surface area (Å²) in [5, 5.41) is 0. The van der Waals surface area contributed by atoms with Crippen LogP contribution >= 0.6 is 0 Å². The Bertz CT molecular complexity index is 521. The zero-order chi connectivity index (χ0) is 16.1. The fourth-order valence-corrected chi connectivity index (χ4v) is 3.15. The summed E-state index contributed by atoms with van der Waals surface area (Å²) in [6.45, 7) is 6.41. The topological polar surface area (TPSA) is 42.0 Å². The number of hydrogen-bond donors (Lipinski definition) is 0. The van der Waals surface area contributed by atoms with E-state index in [0.717, 1.165) is 38.1 Å². The SMILES string of the molecule is CCc1cccc(OC2CCN(C(=O)N3CCOCC3)CC2)c1. The summed E-state index contributed by atoms with van der Waals surface area (Å²) in [6.07, 6.45) is 3.01. The second-order valence-electron chi connectivity index (χ2n) is 6.19. The van der Waals surface area contributed by atoms with Crippen LogP contribution in [0.1, 0.15) is 25.3 Å². The average molecular weight is 318 g/mol. The molecule has 2 amide bonds. The molecule has 1 aromatic rings. The highest BCUT2D eigenvalue weighted by atomic mass is 16.5. The van der Waals surface area contributed by atoms with Gasteiger partial charge in [0.2, 0.25) is 0 Å². The Labute approximate surface area is 138 Å². The number of morpholine rings is 1. The predicted octanol–water partition coefficient (Wildman–Crippen LogP) is 2.54. The van der Waals surface area contributed by atoms with Gasteiger partial charge in [0.1, 0.15) is 11.9 Å². The quantitative estimate of drug-likeness (QED) is 0.860. The normalized spacial score (nSPS) is 19.7. The van der Waals surface area contributed by atoms with Gasteiger partial charge in [-0.1, -0.05) is 19.1 Å². The number of piperidine rings is 1. The molecule has 0 bridgehead atoms. The molecule has 5 heteroatoms.